The molecule has 1 aliphatic rings. The van der Waals surface area contributed by atoms with E-state index in [4.69, 9.17) is 5.73 Å². The Balaban J connectivity index is 2.16. The molecule has 0 radical (unpaired) electrons. The van der Waals surface area contributed by atoms with Gasteiger partial charge in [0, 0.05) is 11.3 Å². The van der Waals surface area contributed by atoms with Crippen molar-refractivity contribution in [1.29, 1.82) is 0 Å². The van der Waals surface area contributed by atoms with E-state index in [1.54, 1.807) is 0 Å². The summed E-state index contributed by atoms with van der Waals surface area (Å²) in [5.74, 6) is 0.165. The molecule has 0 atom stereocenters. The van der Waals surface area contributed by atoms with Crippen LogP contribution in [-0.4, -0.2) is 10.9 Å². The summed E-state index contributed by atoms with van der Waals surface area (Å²) in [6.45, 7) is 0. The van der Waals surface area contributed by atoms with Crippen LogP contribution in [0.1, 0.15) is 47.1 Å². The standard InChI is InChI=1S/C9H12N2OS/c10-8(12)9-11-7(5-13-9)6-3-1-2-4-6/h5-6H,1-4H2,(H2,10,12). The number of carbonyl (C=O) groups is 1. The fourth-order valence-corrected chi connectivity index (χ4v) is 2.56. The Morgan fingerprint density at radius 2 is 2.23 bits per heavy atom. The number of thiazole rings is 1. The number of hydrogen-bond acceptors (Lipinski definition) is 3. The van der Waals surface area contributed by atoms with Crippen molar-refractivity contribution in [3.8, 4) is 0 Å². The normalized spacial score (nSPS) is 17.8. The highest BCUT2D eigenvalue weighted by atomic mass is 32.1. The molecule has 3 nitrogen and oxygen atoms in total. The van der Waals surface area contributed by atoms with E-state index in [0.717, 1.165) is 5.69 Å². The summed E-state index contributed by atoms with van der Waals surface area (Å²) in [5, 5.41) is 2.41. The lowest BCUT2D eigenvalue weighted by atomic mass is 10.1. The first-order valence-corrected chi connectivity index (χ1v) is 5.40. The van der Waals surface area contributed by atoms with Crippen LogP contribution in [0.5, 0.6) is 0 Å². The molecule has 1 heterocycles. The van der Waals surface area contributed by atoms with Crippen LogP contribution in [-0.2, 0) is 0 Å². The third-order valence-corrected chi connectivity index (χ3v) is 3.38. The van der Waals surface area contributed by atoms with Crippen LogP contribution in [0, 0.1) is 0 Å². The molecular weight excluding hydrogens is 184 g/mol. The molecule has 4 heteroatoms. The average Bonchev–Trinajstić information content (AvgIpc) is 2.75. The summed E-state index contributed by atoms with van der Waals surface area (Å²) < 4.78 is 0. The molecule has 0 aliphatic heterocycles. The molecule has 1 fully saturated rings. The van der Waals surface area contributed by atoms with Crippen molar-refractivity contribution < 1.29 is 4.79 Å². The Hall–Kier alpha value is -0.900. The summed E-state index contributed by atoms with van der Waals surface area (Å²) in [4.78, 5) is 15.0. The first-order chi connectivity index (χ1) is 6.27. The minimum atomic E-state index is -0.408. The van der Waals surface area contributed by atoms with E-state index in [0.29, 0.717) is 10.9 Å². The quantitative estimate of drug-likeness (QED) is 0.785. The van der Waals surface area contributed by atoms with Gasteiger partial charge in [0.25, 0.3) is 5.91 Å². The van der Waals surface area contributed by atoms with E-state index < -0.39 is 5.91 Å². The van der Waals surface area contributed by atoms with Gasteiger partial charge in [-0.05, 0) is 12.8 Å². The average molecular weight is 196 g/mol. The largest absolute Gasteiger partial charge is 0.364 e. The maximum Gasteiger partial charge on any atom is 0.277 e. The van der Waals surface area contributed by atoms with Crippen molar-refractivity contribution in [2.24, 2.45) is 5.73 Å². The SMILES string of the molecule is NC(=O)c1nc(C2CCCC2)cs1. The molecule has 70 valence electrons. The number of carbonyl (C=O) groups excluding carboxylic acids is 1. The lowest BCUT2D eigenvalue weighted by molar-refractivity contribution is 0.0999. The van der Waals surface area contributed by atoms with Crippen LogP contribution >= 0.6 is 11.3 Å². The second kappa shape index (κ2) is 3.46. The van der Waals surface area contributed by atoms with Gasteiger partial charge < -0.3 is 5.73 Å². The Morgan fingerprint density at radius 1 is 1.54 bits per heavy atom. The number of nitrogens with two attached hydrogens (primary N) is 1. The highest BCUT2D eigenvalue weighted by Crippen LogP contribution is 2.34. The van der Waals surface area contributed by atoms with Crippen molar-refractivity contribution >= 4 is 17.2 Å². The summed E-state index contributed by atoms with van der Waals surface area (Å²) in [5.41, 5.74) is 6.20. The van der Waals surface area contributed by atoms with Crippen LogP contribution < -0.4 is 5.73 Å². The number of rotatable bonds is 2. The van der Waals surface area contributed by atoms with Crippen LogP contribution in [0.3, 0.4) is 0 Å². The van der Waals surface area contributed by atoms with Gasteiger partial charge in [-0.15, -0.1) is 11.3 Å². The van der Waals surface area contributed by atoms with Crippen molar-refractivity contribution in [2.45, 2.75) is 31.6 Å². The predicted molar refractivity (Wildman–Crippen MR) is 51.8 cm³/mol. The molecule has 2 N–H and O–H groups in total. The third kappa shape index (κ3) is 1.72. The number of aromatic nitrogens is 1. The van der Waals surface area contributed by atoms with Crippen molar-refractivity contribution in [3.63, 3.8) is 0 Å². The zero-order chi connectivity index (χ0) is 9.26. The van der Waals surface area contributed by atoms with E-state index in [9.17, 15) is 4.79 Å². The molecule has 1 saturated carbocycles. The minimum absolute atomic E-state index is 0.408. The topological polar surface area (TPSA) is 56.0 Å². The van der Waals surface area contributed by atoms with Gasteiger partial charge in [0.1, 0.15) is 0 Å². The summed E-state index contributed by atoms with van der Waals surface area (Å²) in [6.07, 6.45) is 4.99. The first kappa shape index (κ1) is 8.69. The van der Waals surface area contributed by atoms with E-state index >= 15 is 0 Å². The monoisotopic (exact) mass is 196 g/mol. The van der Waals surface area contributed by atoms with Gasteiger partial charge in [-0.1, -0.05) is 12.8 Å². The van der Waals surface area contributed by atoms with Gasteiger partial charge >= 0.3 is 0 Å². The van der Waals surface area contributed by atoms with Gasteiger partial charge in [0.2, 0.25) is 0 Å². The highest BCUT2D eigenvalue weighted by molar-refractivity contribution is 7.11. The van der Waals surface area contributed by atoms with Crippen LogP contribution in [0.15, 0.2) is 5.38 Å². The van der Waals surface area contributed by atoms with Crippen molar-refractivity contribution in [2.75, 3.05) is 0 Å². The van der Waals surface area contributed by atoms with Gasteiger partial charge in [0.15, 0.2) is 5.01 Å². The Bertz CT molecular complexity index is 315. The van der Waals surface area contributed by atoms with Crippen LogP contribution in [0.25, 0.3) is 0 Å². The first-order valence-electron chi connectivity index (χ1n) is 4.52. The second-order valence-corrected chi connectivity index (χ2v) is 4.28. The Morgan fingerprint density at radius 3 is 2.77 bits per heavy atom. The number of hydrogen-bond donors (Lipinski definition) is 1. The summed E-state index contributed by atoms with van der Waals surface area (Å²) in [7, 11) is 0. The Kier molecular flexibility index (Phi) is 2.31. The molecule has 2 rings (SSSR count). The molecule has 0 aromatic carbocycles. The molecule has 0 saturated heterocycles. The van der Waals surface area contributed by atoms with E-state index in [2.05, 4.69) is 4.98 Å². The lowest BCUT2D eigenvalue weighted by Gasteiger charge is -2.02. The van der Waals surface area contributed by atoms with Gasteiger partial charge in [-0.3, -0.25) is 4.79 Å². The van der Waals surface area contributed by atoms with E-state index in [1.165, 1.54) is 37.0 Å². The van der Waals surface area contributed by atoms with E-state index in [1.807, 2.05) is 5.38 Å². The maximum absolute atomic E-state index is 10.8. The molecule has 1 aromatic heterocycles. The third-order valence-electron chi connectivity index (χ3n) is 2.51. The molecule has 1 aliphatic carbocycles. The number of nitrogens with zero attached hydrogens (tertiary/aromatic N) is 1. The molecule has 0 bridgehead atoms. The maximum atomic E-state index is 10.8. The molecule has 1 aromatic rings. The smallest absolute Gasteiger partial charge is 0.277 e. The predicted octanol–water partition coefficient (Wildman–Crippen LogP) is 1.90. The second-order valence-electron chi connectivity index (χ2n) is 3.42. The van der Waals surface area contributed by atoms with Gasteiger partial charge in [0.05, 0.1) is 5.69 Å². The zero-order valence-corrected chi connectivity index (χ0v) is 8.14. The van der Waals surface area contributed by atoms with E-state index in [-0.39, 0.29) is 0 Å². The fourth-order valence-electron chi connectivity index (χ4n) is 1.81. The highest BCUT2D eigenvalue weighted by Gasteiger charge is 2.20. The van der Waals surface area contributed by atoms with Gasteiger partial charge in [-0.2, -0.15) is 0 Å². The summed E-state index contributed by atoms with van der Waals surface area (Å²) >= 11 is 1.36. The van der Waals surface area contributed by atoms with Crippen molar-refractivity contribution in [3.05, 3.63) is 16.1 Å². The fraction of sp³-hybridized carbons (Fsp3) is 0.556. The number of amides is 1. The van der Waals surface area contributed by atoms with Crippen LogP contribution in [0.2, 0.25) is 0 Å². The molecule has 1 amide bonds. The molecule has 13 heavy (non-hydrogen) atoms. The lowest BCUT2D eigenvalue weighted by Crippen LogP contribution is -2.10. The van der Waals surface area contributed by atoms with Crippen molar-refractivity contribution in [1.82, 2.24) is 4.98 Å². The van der Waals surface area contributed by atoms with Gasteiger partial charge in [-0.25, -0.2) is 4.98 Å². The minimum Gasteiger partial charge on any atom is -0.364 e. The molecule has 0 spiro atoms. The molecular formula is C9H12N2OS. The zero-order valence-electron chi connectivity index (χ0n) is 7.32. The molecule has 0 unspecified atom stereocenters. The Labute approximate surface area is 81.0 Å². The summed E-state index contributed by atoms with van der Waals surface area (Å²) in [6, 6.07) is 0. The number of primary amides is 1. The van der Waals surface area contributed by atoms with Crippen LogP contribution in [0.4, 0.5) is 0 Å².